The molecule has 1 saturated heterocycles. The smallest absolute Gasteiger partial charge is 0.119 e. The fourth-order valence-corrected chi connectivity index (χ4v) is 1.88. The van der Waals surface area contributed by atoms with Gasteiger partial charge in [-0.15, -0.1) is 0 Å². The zero-order valence-electron chi connectivity index (χ0n) is 7.08. The summed E-state index contributed by atoms with van der Waals surface area (Å²) in [6, 6.07) is 1.96. The highest BCUT2D eigenvalue weighted by molar-refractivity contribution is 9.10. The minimum atomic E-state index is -0.681. The van der Waals surface area contributed by atoms with E-state index in [1.807, 2.05) is 11.0 Å². The molecule has 1 fully saturated rings. The van der Waals surface area contributed by atoms with E-state index in [2.05, 4.69) is 20.9 Å². The Balaban J connectivity index is 2.16. The average molecular weight is 245 g/mol. The molecular formula is C9H10BrFN2. The van der Waals surface area contributed by atoms with E-state index >= 15 is 0 Å². The Morgan fingerprint density at radius 2 is 2.38 bits per heavy atom. The number of hydrogen-bond acceptors (Lipinski definition) is 2. The standard InChI is InChI=1S/C9H10BrFN2/c10-7-3-9(5-12-4-7)13-2-1-8(11)6-13/h3-5,8H,1-2,6H2. The van der Waals surface area contributed by atoms with E-state index in [9.17, 15) is 4.39 Å². The second-order valence-electron chi connectivity index (χ2n) is 3.19. The molecule has 0 bridgehead atoms. The van der Waals surface area contributed by atoms with E-state index in [0.717, 1.165) is 16.7 Å². The summed E-state index contributed by atoms with van der Waals surface area (Å²) < 4.78 is 13.8. The Kier molecular flexibility index (Phi) is 2.49. The number of aromatic nitrogens is 1. The number of halogens is 2. The molecule has 0 radical (unpaired) electrons. The van der Waals surface area contributed by atoms with Gasteiger partial charge in [-0.2, -0.15) is 0 Å². The Morgan fingerprint density at radius 1 is 1.54 bits per heavy atom. The first-order chi connectivity index (χ1) is 6.25. The van der Waals surface area contributed by atoms with Crippen LogP contribution < -0.4 is 4.90 Å². The zero-order chi connectivity index (χ0) is 9.26. The molecule has 2 rings (SSSR count). The Morgan fingerprint density at radius 3 is 3.00 bits per heavy atom. The summed E-state index contributed by atoms with van der Waals surface area (Å²) in [7, 11) is 0. The van der Waals surface area contributed by atoms with Crippen LogP contribution in [0.25, 0.3) is 0 Å². The van der Waals surface area contributed by atoms with Crippen LogP contribution in [-0.2, 0) is 0 Å². The summed E-state index contributed by atoms with van der Waals surface area (Å²) in [5.74, 6) is 0. The molecule has 4 heteroatoms. The van der Waals surface area contributed by atoms with Gasteiger partial charge < -0.3 is 4.90 Å². The highest BCUT2D eigenvalue weighted by Gasteiger charge is 2.21. The maximum atomic E-state index is 12.9. The molecule has 0 aromatic carbocycles. The van der Waals surface area contributed by atoms with Crippen LogP contribution in [0.4, 0.5) is 10.1 Å². The molecular weight excluding hydrogens is 235 g/mol. The van der Waals surface area contributed by atoms with Crippen molar-refractivity contribution in [2.45, 2.75) is 12.6 Å². The first-order valence-corrected chi connectivity index (χ1v) is 5.04. The summed E-state index contributed by atoms with van der Waals surface area (Å²) in [5, 5.41) is 0. The number of alkyl halides is 1. The van der Waals surface area contributed by atoms with E-state index < -0.39 is 6.17 Å². The van der Waals surface area contributed by atoms with Gasteiger partial charge in [0, 0.05) is 23.8 Å². The van der Waals surface area contributed by atoms with Gasteiger partial charge in [0.25, 0.3) is 0 Å². The third-order valence-electron chi connectivity index (χ3n) is 2.19. The van der Waals surface area contributed by atoms with Crippen molar-refractivity contribution in [1.82, 2.24) is 4.98 Å². The molecule has 1 aromatic rings. The predicted molar refractivity (Wildman–Crippen MR) is 53.7 cm³/mol. The van der Waals surface area contributed by atoms with Crippen LogP contribution in [0.15, 0.2) is 22.9 Å². The van der Waals surface area contributed by atoms with Crippen LogP contribution in [0, 0.1) is 0 Å². The summed E-state index contributed by atoms with van der Waals surface area (Å²) in [4.78, 5) is 6.06. The molecule has 1 aromatic heterocycles. The van der Waals surface area contributed by atoms with E-state index in [1.165, 1.54) is 0 Å². The first kappa shape index (κ1) is 8.94. The lowest BCUT2D eigenvalue weighted by molar-refractivity contribution is 0.364. The van der Waals surface area contributed by atoms with Gasteiger partial charge in [0.2, 0.25) is 0 Å². The maximum absolute atomic E-state index is 12.9. The number of hydrogen-bond donors (Lipinski definition) is 0. The predicted octanol–water partition coefficient (Wildman–Crippen LogP) is 2.39. The van der Waals surface area contributed by atoms with Crippen LogP contribution in [0.2, 0.25) is 0 Å². The molecule has 13 heavy (non-hydrogen) atoms. The number of anilines is 1. The second kappa shape index (κ2) is 3.62. The van der Waals surface area contributed by atoms with E-state index in [-0.39, 0.29) is 0 Å². The topological polar surface area (TPSA) is 16.1 Å². The molecule has 1 atom stereocenters. The molecule has 1 unspecified atom stereocenters. The first-order valence-electron chi connectivity index (χ1n) is 4.25. The Labute approximate surface area is 84.9 Å². The molecule has 70 valence electrons. The van der Waals surface area contributed by atoms with Crippen molar-refractivity contribution in [3.05, 3.63) is 22.9 Å². The van der Waals surface area contributed by atoms with Crippen molar-refractivity contribution in [1.29, 1.82) is 0 Å². The van der Waals surface area contributed by atoms with Crippen LogP contribution in [0.5, 0.6) is 0 Å². The molecule has 0 N–H and O–H groups in total. The van der Waals surface area contributed by atoms with Gasteiger partial charge in [0.05, 0.1) is 11.9 Å². The largest absolute Gasteiger partial charge is 0.367 e. The van der Waals surface area contributed by atoms with Crippen molar-refractivity contribution in [3.63, 3.8) is 0 Å². The fraction of sp³-hybridized carbons (Fsp3) is 0.444. The van der Waals surface area contributed by atoms with Crippen molar-refractivity contribution in [3.8, 4) is 0 Å². The summed E-state index contributed by atoms with van der Waals surface area (Å²) >= 11 is 3.34. The van der Waals surface area contributed by atoms with Gasteiger partial charge in [-0.3, -0.25) is 4.98 Å². The van der Waals surface area contributed by atoms with Crippen LogP contribution in [0.1, 0.15) is 6.42 Å². The molecule has 0 amide bonds. The van der Waals surface area contributed by atoms with Crippen molar-refractivity contribution >= 4 is 21.6 Å². The van der Waals surface area contributed by atoms with Gasteiger partial charge in [-0.1, -0.05) is 0 Å². The van der Waals surface area contributed by atoms with Gasteiger partial charge in [0.15, 0.2) is 0 Å². The van der Waals surface area contributed by atoms with Crippen molar-refractivity contribution in [2.75, 3.05) is 18.0 Å². The molecule has 2 heterocycles. The quantitative estimate of drug-likeness (QED) is 0.755. The van der Waals surface area contributed by atoms with E-state index in [0.29, 0.717) is 13.0 Å². The average Bonchev–Trinajstić information content (AvgIpc) is 2.52. The van der Waals surface area contributed by atoms with Crippen LogP contribution >= 0.6 is 15.9 Å². The van der Waals surface area contributed by atoms with Crippen LogP contribution in [0.3, 0.4) is 0 Å². The van der Waals surface area contributed by atoms with Crippen molar-refractivity contribution in [2.24, 2.45) is 0 Å². The van der Waals surface area contributed by atoms with E-state index in [1.54, 1.807) is 12.4 Å². The Hall–Kier alpha value is -0.640. The van der Waals surface area contributed by atoms with Gasteiger partial charge in [0.1, 0.15) is 6.17 Å². The SMILES string of the molecule is FC1CCN(c2cncc(Br)c2)C1. The number of rotatable bonds is 1. The molecule has 0 saturated carbocycles. The highest BCUT2D eigenvalue weighted by Crippen LogP contribution is 2.23. The molecule has 0 aliphatic carbocycles. The fourth-order valence-electron chi connectivity index (χ4n) is 1.53. The lowest BCUT2D eigenvalue weighted by Crippen LogP contribution is -2.19. The third-order valence-corrected chi connectivity index (χ3v) is 2.62. The molecule has 2 nitrogen and oxygen atoms in total. The molecule has 1 aliphatic heterocycles. The normalized spacial score (nSPS) is 22.3. The zero-order valence-corrected chi connectivity index (χ0v) is 8.67. The van der Waals surface area contributed by atoms with Crippen molar-refractivity contribution < 1.29 is 4.39 Å². The molecule has 1 aliphatic rings. The maximum Gasteiger partial charge on any atom is 0.119 e. The van der Waals surface area contributed by atoms with Gasteiger partial charge in [-0.05, 0) is 28.4 Å². The van der Waals surface area contributed by atoms with Crippen LogP contribution in [-0.4, -0.2) is 24.2 Å². The van der Waals surface area contributed by atoms with Gasteiger partial charge in [-0.25, -0.2) is 4.39 Å². The highest BCUT2D eigenvalue weighted by atomic mass is 79.9. The minimum Gasteiger partial charge on any atom is -0.367 e. The molecule has 0 spiro atoms. The summed E-state index contributed by atoms with van der Waals surface area (Å²) in [6.07, 6.45) is 3.45. The van der Waals surface area contributed by atoms with E-state index in [4.69, 9.17) is 0 Å². The lowest BCUT2D eigenvalue weighted by Gasteiger charge is -2.16. The Bertz CT molecular complexity index is 305. The summed E-state index contributed by atoms with van der Waals surface area (Å²) in [6.45, 7) is 1.29. The number of pyridine rings is 1. The van der Waals surface area contributed by atoms with Gasteiger partial charge >= 0.3 is 0 Å². The lowest BCUT2D eigenvalue weighted by atomic mass is 10.3. The summed E-state index contributed by atoms with van der Waals surface area (Å²) in [5.41, 5.74) is 0.995. The number of nitrogens with zero attached hydrogens (tertiary/aromatic N) is 2. The second-order valence-corrected chi connectivity index (χ2v) is 4.11. The monoisotopic (exact) mass is 244 g/mol. The third kappa shape index (κ3) is 1.99. The minimum absolute atomic E-state index is 0.498.